The van der Waals surface area contributed by atoms with E-state index < -0.39 is 49.2 Å². The van der Waals surface area contributed by atoms with Crippen LogP contribution in [0.5, 0.6) is 0 Å². The fourth-order valence-electron chi connectivity index (χ4n) is 2.08. The van der Waals surface area contributed by atoms with Gasteiger partial charge in [-0.1, -0.05) is 27.7 Å². The Hall–Kier alpha value is -0.460. The van der Waals surface area contributed by atoms with Gasteiger partial charge in [-0.25, -0.2) is 0 Å². The summed E-state index contributed by atoms with van der Waals surface area (Å²) in [6.45, 7) is 4.74. The standard InChI is InChI=1S/C12H20F6O/c1-5-9(6-2,11(13,14)15)19-10(7-3,8-4)12(16,17)18/h5-8H2,1-4H3. The van der Waals surface area contributed by atoms with Crippen LogP contribution in [0.2, 0.25) is 0 Å². The molecule has 1 nitrogen and oxygen atoms in total. The van der Waals surface area contributed by atoms with Gasteiger partial charge in [-0.3, -0.25) is 0 Å². The third kappa shape index (κ3) is 3.35. The third-order valence-electron chi connectivity index (χ3n) is 3.71. The van der Waals surface area contributed by atoms with Crippen LogP contribution in [0.25, 0.3) is 0 Å². The van der Waals surface area contributed by atoms with Crippen molar-refractivity contribution in [2.24, 2.45) is 0 Å². The number of hydrogen-bond donors (Lipinski definition) is 0. The molecule has 0 amide bonds. The molecule has 0 unspecified atom stereocenters. The van der Waals surface area contributed by atoms with Crippen LogP contribution in [-0.2, 0) is 4.74 Å². The average molecular weight is 294 g/mol. The molecule has 0 rings (SSSR count). The van der Waals surface area contributed by atoms with E-state index in [9.17, 15) is 26.3 Å². The quantitative estimate of drug-likeness (QED) is 0.608. The second-order valence-electron chi connectivity index (χ2n) is 4.50. The molecular weight excluding hydrogens is 274 g/mol. The minimum absolute atomic E-state index is 0.551. The van der Waals surface area contributed by atoms with Crippen molar-refractivity contribution >= 4 is 0 Å². The highest BCUT2D eigenvalue weighted by atomic mass is 19.4. The van der Waals surface area contributed by atoms with Gasteiger partial charge in [0.1, 0.15) is 0 Å². The van der Waals surface area contributed by atoms with Gasteiger partial charge < -0.3 is 4.74 Å². The van der Waals surface area contributed by atoms with Crippen LogP contribution in [-0.4, -0.2) is 23.6 Å². The summed E-state index contributed by atoms with van der Waals surface area (Å²) in [6, 6.07) is 0. The second kappa shape index (κ2) is 5.89. The molecule has 0 atom stereocenters. The molecule has 0 aliphatic rings. The van der Waals surface area contributed by atoms with E-state index in [1.807, 2.05) is 0 Å². The van der Waals surface area contributed by atoms with Crippen LogP contribution in [0, 0.1) is 0 Å². The van der Waals surface area contributed by atoms with Crippen molar-refractivity contribution in [1.29, 1.82) is 0 Å². The first-order valence-electron chi connectivity index (χ1n) is 6.28. The summed E-state index contributed by atoms with van der Waals surface area (Å²) in [5.74, 6) is 0. The molecule has 0 aliphatic heterocycles. The Balaban J connectivity index is 5.66. The topological polar surface area (TPSA) is 9.23 Å². The van der Waals surface area contributed by atoms with E-state index in [0.717, 1.165) is 0 Å². The van der Waals surface area contributed by atoms with Crippen LogP contribution in [0.1, 0.15) is 53.4 Å². The number of rotatable bonds is 6. The molecule has 0 fully saturated rings. The molecule has 0 heterocycles. The summed E-state index contributed by atoms with van der Waals surface area (Å²) in [4.78, 5) is 0. The second-order valence-corrected chi connectivity index (χ2v) is 4.50. The third-order valence-corrected chi connectivity index (χ3v) is 3.71. The lowest BCUT2D eigenvalue weighted by molar-refractivity contribution is -0.368. The van der Waals surface area contributed by atoms with Gasteiger partial charge in [0, 0.05) is 0 Å². The molecule has 0 saturated carbocycles. The molecule has 0 aromatic rings. The number of hydrogen-bond acceptors (Lipinski definition) is 1. The van der Waals surface area contributed by atoms with E-state index in [2.05, 4.69) is 0 Å². The lowest BCUT2D eigenvalue weighted by Crippen LogP contribution is -2.58. The summed E-state index contributed by atoms with van der Waals surface area (Å²) in [6.07, 6.45) is -11.9. The van der Waals surface area contributed by atoms with E-state index in [-0.39, 0.29) is 0 Å². The predicted octanol–water partition coefficient (Wildman–Crippen LogP) is 5.25. The van der Waals surface area contributed by atoms with Crippen molar-refractivity contribution in [2.45, 2.75) is 76.9 Å². The molecule has 0 spiro atoms. The average Bonchev–Trinajstić information content (AvgIpc) is 2.28. The monoisotopic (exact) mass is 294 g/mol. The zero-order valence-corrected chi connectivity index (χ0v) is 11.5. The molecule has 7 heteroatoms. The maximum atomic E-state index is 13.1. The van der Waals surface area contributed by atoms with Crippen molar-refractivity contribution in [2.75, 3.05) is 0 Å². The van der Waals surface area contributed by atoms with Gasteiger partial charge >= 0.3 is 12.4 Å². The van der Waals surface area contributed by atoms with Crippen molar-refractivity contribution in [3.05, 3.63) is 0 Å². The highest BCUT2D eigenvalue weighted by Crippen LogP contribution is 2.48. The molecule has 0 aliphatic carbocycles. The van der Waals surface area contributed by atoms with Crippen LogP contribution in [0.15, 0.2) is 0 Å². The minimum Gasteiger partial charge on any atom is -0.350 e. The zero-order chi connectivity index (χ0) is 15.5. The Labute approximate surface area is 109 Å². The molecule has 0 aromatic heterocycles. The van der Waals surface area contributed by atoms with Crippen molar-refractivity contribution < 1.29 is 31.1 Å². The fourth-order valence-corrected chi connectivity index (χ4v) is 2.08. The molecule has 0 N–H and O–H groups in total. The lowest BCUT2D eigenvalue weighted by Gasteiger charge is -2.44. The smallest absolute Gasteiger partial charge is 0.350 e. The highest BCUT2D eigenvalue weighted by molar-refractivity contribution is 4.95. The lowest BCUT2D eigenvalue weighted by atomic mass is 9.90. The first-order valence-corrected chi connectivity index (χ1v) is 6.28. The Morgan fingerprint density at radius 2 is 0.789 bits per heavy atom. The van der Waals surface area contributed by atoms with Crippen LogP contribution >= 0.6 is 0 Å². The Morgan fingerprint density at radius 3 is 0.895 bits per heavy atom. The van der Waals surface area contributed by atoms with Crippen molar-refractivity contribution in [3.63, 3.8) is 0 Å². The molecular formula is C12H20F6O. The van der Waals surface area contributed by atoms with E-state index >= 15 is 0 Å². The number of ether oxygens (including phenoxy) is 1. The normalized spacial score (nSPS) is 14.8. The van der Waals surface area contributed by atoms with Gasteiger partial charge in [-0.05, 0) is 25.7 Å². The summed E-state index contributed by atoms with van der Waals surface area (Å²) < 4.78 is 83.1. The largest absolute Gasteiger partial charge is 0.417 e. The van der Waals surface area contributed by atoms with Crippen LogP contribution in [0.3, 0.4) is 0 Å². The highest BCUT2D eigenvalue weighted by Gasteiger charge is 2.63. The Morgan fingerprint density at radius 1 is 0.579 bits per heavy atom. The van der Waals surface area contributed by atoms with E-state index in [4.69, 9.17) is 4.74 Å². The SMILES string of the molecule is CCC(CC)(OC(CC)(CC)C(F)(F)F)C(F)(F)F. The van der Waals surface area contributed by atoms with Gasteiger partial charge in [-0.2, -0.15) is 26.3 Å². The number of halogens is 6. The van der Waals surface area contributed by atoms with E-state index in [1.54, 1.807) is 0 Å². The van der Waals surface area contributed by atoms with Gasteiger partial charge in [0.25, 0.3) is 0 Å². The van der Waals surface area contributed by atoms with Gasteiger partial charge in [0.05, 0.1) is 0 Å². The minimum atomic E-state index is -4.84. The summed E-state index contributed by atoms with van der Waals surface area (Å²) >= 11 is 0. The number of alkyl halides is 6. The van der Waals surface area contributed by atoms with Gasteiger partial charge in [0.15, 0.2) is 11.2 Å². The molecule has 0 bridgehead atoms. The summed E-state index contributed by atoms with van der Waals surface area (Å²) in [7, 11) is 0. The first kappa shape index (κ1) is 18.5. The van der Waals surface area contributed by atoms with Gasteiger partial charge in [-0.15, -0.1) is 0 Å². The molecule has 0 saturated heterocycles. The first-order chi connectivity index (χ1) is 8.45. The van der Waals surface area contributed by atoms with E-state index in [1.165, 1.54) is 27.7 Å². The van der Waals surface area contributed by atoms with E-state index in [0.29, 0.717) is 0 Å². The zero-order valence-electron chi connectivity index (χ0n) is 11.5. The van der Waals surface area contributed by atoms with Crippen molar-refractivity contribution in [1.82, 2.24) is 0 Å². The fraction of sp³-hybridized carbons (Fsp3) is 1.00. The maximum Gasteiger partial charge on any atom is 0.417 e. The summed E-state index contributed by atoms with van der Waals surface area (Å²) in [5.41, 5.74) is -5.51. The van der Waals surface area contributed by atoms with Crippen molar-refractivity contribution in [3.8, 4) is 0 Å². The molecule has 0 radical (unpaired) electrons. The molecule has 0 aromatic carbocycles. The Kier molecular flexibility index (Phi) is 5.75. The summed E-state index contributed by atoms with van der Waals surface area (Å²) in [5, 5.41) is 0. The van der Waals surface area contributed by atoms with Crippen LogP contribution < -0.4 is 0 Å². The predicted molar refractivity (Wildman–Crippen MR) is 59.8 cm³/mol. The Bertz CT molecular complexity index is 245. The van der Waals surface area contributed by atoms with Crippen LogP contribution in [0.4, 0.5) is 26.3 Å². The molecule has 116 valence electrons. The molecule has 19 heavy (non-hydrogen) atoms. The van der Waals surface area contributed by atoms with Gasteiger partial charge in [0.2, 0.25) is 0 Å². The maximum absolute atomic E-state index is 13.1.